The van der Waals surface area contributed by atoms with Crippen LogP contribution in [0.5, 0.6) is 5.75 Å². The van der Waals surface area contributed by atoms with Gasteiger partial charge in [0.25, 0.3) is 0 Å². The molecule has 4 aromatic rings. The third kappa shape index (κ3) is 4.89. The molecule has 1 atom stereocenters. The number of halogens is 1. The molecule has 0 radical (unpaired) electrons. The van der Waals surface area contributed by atoms with Crippen molar-refractivity contribution in [3.8, 4) is 16.9 Å². The molecule has 0 amide bonds. The fourth-order valence-electron chi connectivity index (χ4n) is 5.43. The molecule has 1 aliphatic heterocycles. The molecule has 0 N–H and O–H groups in total. The van der Waals surface area contributed by atoms with Gasteiger partial charge in [0.2, 0.25) is 0 Å². The van der Waals surface area contributed by atoms with Crippen molar-refractivity contribution in [2.45, 2.75) is 59.7 Å². The maximum absolute atomic E-state index is 15.5. The maximum atomic E-state index is 15.5. The lowest BCUT2D eigenvalue weighted by molar-refractivity contribution is -0.166. The van der Waals surface area contributed by atoms with Gasteiger partial charge in [0, 0.05) is 34.7 Å². The quantitative estimate of drug-likeness (QED) is 0.239. The molecule has 0 fully saturated rings. The summed E-state index contributed by atoms with van der Waals surface area (Å²) in [6.07, 6.45) is 1.53. The molecule has 1 aromatic heterocycles. The zero-order chi connectivity index (χ0) is 28.1. The van der Waals surface area contributed by atoms with Crippen molar-refractivity contribution in [3.63, 3.8) is 0 Å². The van der Waals surface area contributed by atoms with Gasteiger partial charge in [-0.1, -0.05) is 12.6 Å². The van der Waals surface area contributed by atoms with Crippen LogP contribution in [0.15, 0.2) is 49.2 Å². The van der Waals surface area contributed by atoms with Crippen LogP contribution in [0.1, 0.15) is 63.0 Å². The number of allylic oxidation sites excluding steroid dienone is 1. The number of aromatic nitrogens is 1. The number of benzene rings is 3. The van der Waals surface area contributed by atoms with Crippen molar-refractivity contribution in [3.05, 3.63) is 77.2 Å². The second-order valence-corrected chi connectivity index (χ2v) is 11.1. The molecule has 39 heavy (non-hydrogen) atoms. The van der Waals surface area contributed by atoms with Gasteiger partial charge >= 0.3 is 5.97 Å². The van der Waals surface area contributed by atoms with Gasteiger partial charge in [-0.3, -0.25) is 4.98 Å². The van der Waals surface area contributed by atoms with Gasteiger partial charge in [-0.2, -0.15) is 0 Å². The maximum Gasteiger partial charge on any atom is 0.339 e. The van der Waals surface area contributed by atoms with Crippen molar-refractivity contribution in [2.24, 2.45) is 0 Å². The number of esters is 1. The van der Waals surface area contributed by atoms with Gasteiger partial charge in [-0.25, -0.2) is 9.18 Å². The first kappa shape index (κ1) is 26.8. The second kappa shape index (κ2) is 10.1. The Morgan fingerprint density at radius 2 is 1.97 bits per heavy atom. The highest BCUT2D eigenvalue weighted by Crippen LogP contribution is 2.46. The normalized spacial score (nSPS) is 13.8. The molecular formula is C33H34FNO4. The summed E-state index contributed by atoms with van der Waals surface area (Å²) in [5, 5.41) is 2.43. The molecule has 5 rings (SSSR count). The Hall–Kier alpha value is -3.77. The second-order valence-electron chi connectivity index (χ2n) is 11.1. The van der Waals surface area contributed by atoms with E-state index in [1.165, 1.54) is 6.07 Å². The molecule has 1 aliphatic rings. The molecule has 0 aliphatic carbocycles. The molecule has 0 spiro atoms. The summed E-state index contributed by atoms with van der Waals surface area (Å²) < 4.78 is 33.4. The number of aryl methyl sites for hydroxylation is 1. The summed E-state index contributed by atoms with van der Waals surface area (Å²) in [4.78, 5) is 18.2. The lowest BCUT2D eigenvalue weighted by Crippen LogP contribution is -2.29. The van der Waals surface area contributed by atoms with Crippen LogP contribution in [-0.2, 0) is 20.7 Å². The first-order valence-electron chi connectivity index (χ1n) is 13.3. The molecule has 2 heterocycles. The molecule has 5 nitrogen and oxygen atoms in total. The average molecular weight is 528 g/mol. The Balaban J connectivity index is 1.93. The van der Waals surface area contributed by atoms with Gasteiger partial charge in [-0.05, 0) is 105 Å². The molecular weight excluding hydrogens is 493 g/mol. The number of hydrogen-bond acceptors (Lipinski definition) is 5. The van der Waals surface area contributed by atoms with E-state index in [9.17, 15) is 4.79 Å². The highest BCUT2D eigenvalue weighted by molar-refractivity contribution is 6.09. The molecule has 3 aromatic carbocycles. The number of hydrogen-bond donors (Lipinski definition) is 0. The van der Waals surface area contributed by atoms with Gasteiger partial charge in [-0.15, -0.1) is 0 Å². The fraction of sp³-hybridized carbons (Fsp3) is 0.333. The number of carbonyl (C=O) groups is 1. The average Bonchev–Trinajstić information content (AvgIpc) is 2.87. The lowest BCUT2D eigenvalue weighted by Gasteiger charge is -2.30. The van der Waals surface area contributed by atoms with E-state index in [-0.39, 0.29) is 12.4 Å². The number of rotatable bonds is 6. The Labute approximate surface area is 228 Å². The van der Waals surface area contributed by atoms with Gasteiger partial charge in [0.15, 0.2) is 6.10 Å². The molecule has 202 valence electrons. The number of pyridine rings is 1. The van der Waals surface area contributed by atoms with E-state index in [1.54, 1.807) is 20.0 Å². The molecule has 1 unspecified atom stereocenters. The SMILES string of the molecule is C=C(C)c1cc2cc(C)c(C(OC(C)(C)C)C(=O)OCC)c(-c3ccc4c5c(ccnc35)CCO4)c2cc1F. The number of fused-ring (bicyclic) bond motifs is 1. The summed E-state index contributed by atoms with van der Waals surface area (Å²) in [5.74, 6) is -0.103. The smallest absolute Gasteiger partial charge is 0.339 e. The van der Waals surface area contributed by atoms with Crippen molar-refractivity contribution >= 4 is 33.2 Å². The Morgan fingerprint density at radius 3 is 2.67 bits per heavy atom. The summed E-state index contributed by atoms with van der Waals surface area (Å²) >= 11 is 0. The number of nitrogens with zero attached hydrogens (tertiary/aromatic N) is 1. The van der Waals surface area contributed by atoms with Crippen LogP contribution in [0, 0.1) is 12.7 Å². The van der Waals surface area contributed by atoms with E-state index in [0.29, 0.717) is 34.3 Å². The predicted octanol–water partition coefficient (Wildman–Crippen LogP) is 7.89. The molecule has 0 bridgehead atoms. The first-order chi connectivity index (χ1) is 18.5. The number of carbonyl (C=O) groups excluding carboxylic acids is 1. The van der Waals surface area contributed by atoms with Crippen LogP contribution >= 0.6 is 0 Å². The van der Waals surface area contributed by atoms with Crippen LogP contribution in [0.2, 0.25) is 0 Å². The number of ether oxygens (including phenoxy) is 3. The zero-order valence-electron chi connectivity index (χ0n) is 23.4. The largest absolute Gasteiger partial charge is 0.493 e. The van der Waals surface area contributed by atoms with E-state index in [2.05, 4.69) is 6.58 Å². The van der Waals surface area contributed by atoms with E-state index in [4.69, 9.17) is 19.2 Å². The Morgan fingerprint density at radius 1 is 1.21 bits per heavy atom. The zero-order valence-corrected chi connectivity index (χ0v) is 23.4. The Kier molecular flexibility index (Phi) is 6.93. The predicted molar refractivity (Wildman–Crippen MR) is 153 cm³/mol. The minimum Gasteiger partial charge on any atom is -0.493 e. The van der Waals surface area contributed by atoms with Crippen molar-refractivity contribution in [1.29, 1.82) is 0 Å². The van der Waals surface area contributed by atoms with Gasteiger partial charge in [0.1, 0.15) is 11.6 Å². The molecule has 0 saturated carbocycles. The highest BCUT2D eigenvalue weighted by atomic mass is 19.1. The summed E-state index contributed by atoms with van der Waals surface area (Å²) in [7, 11) is 0. The van der Waals surface area contributed by atoms with Crippen molar-refractivity contribution < 1.29 is 23.4 Å². The first-order valence-corrected chi connectivity index (χ1v) is 13.3. The fourth-order valence-corrected chi connectivity index (χ4v) is 5.43. The van der Waals surface area contributed by atoms with Crippen molar-refractivity contribution in [1.82, 2.24) is 4.98 Å². The summed E-state index contributed by atoms with van der Waals surface area (Å²) in [6.45, 7) is 16.0. The summed E-state index contributed by atoms with van der Waals surface area (Å²) in [6, 6.07) is 11.2. The van der Waals surface area contributed by atoms with Crippen LogP contribution in [0.25, 0.3) is 38.4 Å². The molecule has 6 heteroatoms. The van der Waals surface area contributed by atoms with E-state index >= 15 is 4.39 Å². The summed E-state index contributed by atoms with van der Waals surface area (Å²) in [5.41, 5.74) is 5.26. The monoisotopic (exact) mass is 527 g/mol. The highest BCUT2D eigenvalue weighted by Gasteiger charge is 2.34. The van der Waals surface area contributed by atoms with Crippen LogP contribution in [0.3, 0.4) is 0 Å². The molecule has 0 saturated heterocycles. The van der Waals surface area contributed by atoms with E-state index < -0.39 is 17.7 Å². The minimum absolute atomic E-state index is 0.210. The van der Waals surface area contributed by atoms with Gasteiger partial charge < -0.3 is 14.2 Å². The van der Waals surface area contributed by atoms with Crippen LogP contribution in [-0.4, -0.2) is 29.8 Å². The third-order valence-electron chi connectivity index (χ3n) is 7.01. The van der Waals surface area contributed by atoms with Crippen LogP contribution < -0.4 is 4.74 Å². The standard InChI is InChI=1S/C33H34FNO4/c1-8-37-32(36)31(39-33(5,6)7)27-19(4)15-21-16-23(18(2)3)25(34)17-24(21)29(27)22-9-10-26-28-20(12-14-38-26)11-13-35-30(22)28/h9-11,13,15-17,31H,2,8,12,14H2,1,3-7H3. The third-order valence-corrected chi connectivity index (χ3v) is 7.01. The van der Waals surface area contributed by atoms with E-state index in [0.717, 1.165) is 45.1 Å². The lowest BCUT2D eigenvalue weighted by atomic mass is 9.84. The van der Waals surface area contributed by atoms with Crippen LogP contribution in [0.4, 0.5) is 4.39 Å². The topological polar surface area (TPSA) is 57.7 Å². The van der Waals surface area contributed by atoms with E-state index in [1.807, 2.05) is 58.0 Å². The van der Waals surface area contributed by atoms with Gasteiger partial charge in [0.05, 0.1) is 24.3 Å². The minimum atomic E-state index is -1.03. The Bertz CT molecular complexity index is 1620. The van der Waals surface area contributed by atoms with Crippen molar-refractivity contribution in [2.75, 3.05) is 13.2 Å².